The SMILES string of the molecule is Cc1ccc(SCCC(=O)N2CC(O)(C3CC3)C2)cc1. The molecule has 3 rings (SSSR count). The first-order valence-electron chi connectivity index (χ1n) is 7.26. The molecule has 2 aliphatic rings. The van der Waals surface area contributed by atoms with Gasteiger partial charge in [0, 0.05) is 17.1 Å². The molecule has 0 spiro atoms. The Kier molecular flexibility index (Phi) is 3.78. The van der Waals surface area contributed by atoms with Crippen molar-refractivity contribution in [3.8, 4) is 0 Å². The van der Waals surface area contributed by atoms with Crippen LogP contribution in [-0.4, -0.2) is 40.4 Å². The average Bonchev–Trinajstić information content (AvgIpc) is 3.22. The number of thioether (sulfide) groups is 1. The van der Waals surface area contributed by atoms with E-state index in [1.165, 1.54) is 10.5 Å². The molecule has 3 nitrogen and oxygen atoms in total. The zero-order valence-electron chi connectivity index (χ0n) is 11.8. The summed E-state index contributed by atoms with van der Waals surface area (Å²) >= 11 is 1.72. The molecule has 4 heteroatoms. The number of amides is 1. The highest BCUT2D eigenvalue weighted by atomic mass is 32.2. The number of benzene rings is 1. The number of aryl methyl sites for hydroxylation is 1. The molecule has 1 heterocycles. The molecule has 108 valence electrons. The normalized spacial score (nSPS) is 20.6. The second kappa shape index (κ2) is 5.41. The van der Waals surface area contributed by atoms with Crippen LogP contribution in [0.15, 0.2) is 29.2 Å². The van der Waals surface area contributed by atoms with Gasteiger partial charge in [-0.3, -0.25) is 4.79 Å². The molecule has 1 saturated heterocycles. The maximum Gasteiger partial charge on any atom is 0.223 e. The Morgan fingerprint density at radius 2 is 2.00 bits per heavy atom. The van der Waals surface area contributed by atoms with Gasteiger partial charge in [-0.1, -0.05) is 17.7 Å². The van der Waals surface area contributed by atoms with E-state index < -0.39 is 5.60 Å². The summed E-state index contributed by atoms with van der Waals surface area (Å²) in [6, 6.07) is 8.38. The summed E-state index contributed by atoms with van der Waals surface area (Å²) in [4.78, 5) is 15.0. The van der Waals surface area contributed by atoms with Crippen molar-refractivity contribution in [2.75, 3.05) is 18.8 Å². The lowest BCUT2D eigenvalue weighted by atomic mass is 9.88. The van der Waals surface area contributed by atoms with E-state index in [0.29, 0.717) is 25.4 Å². The summed E-state index contributed by atoms with van der Waals surface area (Å²) < 4.78 is 0. The van der Waals surface area contributed by atoms with E-state index in [1.807, 2.05) is 0 Å². The van der Waals surface area contributed by atoms with Crippen LogP contribution in [0.2, 0.25) is 0 Å². The highest BCUT2D eigenvalue weighted by molar-refractivity contribution is 7.99. The molecule has 1 aromatic carbocycles. The first-order chi connectivity index (χ1) is 9.57. The summed E-state index contributed by atoms with van der Waals surface area (Å²) in [5, 5.41) is 10.2. The van der Waals surface area contributed by atoms with Crippen molar-refractivity contribution in [3.05, 3.63) is 29.8 Å². The number of carbonyl (C=O) groups excluding carboxylic acids is 1. The number of hydrogen-bond donors (Lipinski definition) is 1. The van der Waals surface area contributed by atoms with E-state index in [-0.39, 0.29) is 5.91 Å². The van der Waals surface area contributed by atoms with Gasteiger partial charge in [-0.15, -0.1) is 11.8 Å². The molecule has 1 N–H and O–H groups in total. The molecular weight excluding hydrogens is 270 g/mol. The largest absolute Gasteiger partial charge is 0.386 e. The summed E-state index contributed by atoms with van der Waals surface area (Å²) in [5.41, 5.74) is 0.699. The molecule has 0 unspecified atom stereocenters. The van der Waals surface area contributed by atoms with E-state index >= 15 is 0 Å². The Morgan fingerprint density at radius 3 is 2.60 bits per heavy atom. The molecule has 2 fully saturated rings. The van der Waals surface area contributed by atoms with Gasteiger partial charge in [-0.2, -0.15) is 0 Å². The lowest BCUT2D eigenvalue weighted by Gasteiger charge is -2.47. The highest BCUT2D eigenvalue weighted by Gasteiger charge is 2.52. The minimum absolute atomic E-state index is 0.176. The molecule has 1 saturated carbocycles. The Labute approximate surface area is 124 Å². The van der Waals surface area contributed by atoms with Gasteiger partial charge in [0.25, 0.3) is 0 Å². The highest BCUT2D eigenvalue weighted by Crippen LogP contribution is 2.44. The molecule has 1 aromatic rings. The molecule has 0 radical (unpaired) electrons. The number of likely N-dealkylation sites (tertiary alicyclic amines) is 1. The van der Waals surface area contributed by atoms with Crippen LogP contribution in [0.1, 0.15) is 24.8 Å². The topological polar surface area (TPSA) is 40.5 Å². The molecule has 1 amide bonds. The number of rotatable bonds is 5. The van der Waals surface area contributed by atoms with E-state index in [9.17, 15) is 9.90 Å². The van der Waals surface area contributed by atoms with Gasteiger partial charge in [-0.05, 0) is 37.8 Å². The van der Waals surface area contributed by atoms with Gasteiger partial charge < -0.3 is 10.0 Å². The molecule has 1 aliphatic carbocycles. The summed E-state index contributed by atoms with van der Waals surface area (Å²) in [5.74, 6) is 1.43. The summed E-state index contributed by atoms with van der Waals surface area (Å²) in [7, 11) is 0. The maximum atomic E-state index is 12.0. The molecule has 0 bridgehead atoms. The van der Waals surface area contributed by atoms with Gasteiger partial charge in [-0.25, -0.2) is 0 Å². The minimum Gasteiger partial charge on any atom is -0.386 e. The Bertz CT molecular complexity index is 490. The molecular formula is C16H21NO2S. The molecule has 0 aromatic heterocycles. The third-order valence-electron chi connectivity index (χ3n) is 4.22. The van der Waals surface area contributed by atoms with E-state index in [2.05, 4.69) is 31.2 Å². The standard InChI is InChI=1S/C16H21NO2S/c1-12-2-6-14(7-3-12)20-9-8-15(18)17-10-16(19,11-17)13-4-5-13/h2-3,6-7,13,19H,4-5,8-11H2,1H3. The average molecular weight is 291 g/mol. The van der Waals surface area contributed by atoms with Gasteiger partial charge in [0.05, 0.1) is 13.1 Å². The van der Waals surface area contributed by atoms with Gasteiger partial charge >= 0.3 is 0 Å². The predicted octanol–water partition coefficient (Wildman–Crippen LogP) is 2.46. The second-order valence-corrected chi connectivity index (χ2v) is 7.21. The fraction of sp³-hybridized carbons (Fsp3) is 0.562. The molecule has 0 atom stereocenters. The van der Waals surface area contributed by atoms with E-state index in [1.54, 1.807) is 16.7 Å². The third-order valence-corrected chi connectivity index (χ3v) is 5.24. The summed E-state index contributed by atoms with van der Waals surface area (Å²) in [6.45, 7) is 3.17. The quantitative estimate of drug-likeness (QED) is 0.847. The Hall–Kier alpha value is -1.00. The van der Waals surface area contributed by atoms with Crippen molar-refractivity contribution < 1.29 is 9.90 Å². The van der Waals surface area contributed by atoms with Crippen molar-refractivity contribution >= 4 is 17.7 Å². The minimum atomic E-state index is -0.556. The third kappa shape index (κ3) is 3.01. The first-order valence-corrected chi connectivity index (χ1v) is 8.25. The lowest BCUT2D eigenvalue weighted by Crippen LogP contribution is -2.64. The Balaban J connectivity index is 1.39. The van der Waals surface area contributed by atoms with Crippen molar-refractivity contribution in [2.24, 2.45) is 5.92 Å². The zero-order valence-corrected chi connectivity index (χ0v) is 12.7. The number of β-amino-alcohol motifs (C(OH)–C–C–N with tert-alkyl or cyclic N) is 1. The maximum absolute atomic E-state index is 12.0. The fourth-order valence-corrected chi connectivity index (χ4v) is 3.56. The van der Waals surface area contributed by atoms with E-state index in [4.69, 9.17) is 0 Å². The van der Waals surface area contributed by atoms with Crippen molar-refractivity contribution in [1.82, 2.24) is 4.90 Å². The van der Waals surface area contributed by atoms with Crippen LogP contribution in [-0.2, 0) is 4.79 Å². The zero-order chi connectivity index (χ0) is 14.2. The fourth-order valence-electron chi connectivity index (χ4n) is 2.72. The molecule has 1 aliphatic heterocycles. The monoisotopic (exact) mass is 291 g/mol. The second-order valence-electron chi connectivity index (χ2n) is 6.04. The number of aliphatic hydroxyl groups is 1. The predicted molar refractivity (Wildman–Crippen MR) is 80.8 cm³/mol. The summed E-state index contributed by atoms with van der Waals surface area (Å²) in [6.07, 6.45) is 2.81. The van der Waals surface area contributed by atoms with Crippen LogP contribution in [0.25, 0.3) is 0 Å². The smallest absolute Gasteiger partial charge is 0.223 e. The van der Waals surface area contributed by atoms with Crippen LogP contribution >= 0.6 is 11.8 Å². The first kappa shape index (κ1) is 14.0. The number of hydrogen-bond acceptors (Lipinski definition) is 3. The van der Waals surface area contributed by atoms with Crippen molar-refractivity contribution in [2.45, 2.75) is 36.7 Å². The van der Waals surface area contributed by atoms with Crippen LogP contribution in [0.4, 0.5) is 0 Å². The Morgan fingerprint density at radius 1 is 1.35 bits per heavy atom. The lowest BCUT2D eigenvalue weighted by molar-refractivity contribution is -0.158. The molecule has 20 heavy (non-hydrogen) atoms. The van der Waals surface area contributed by atoms with Crippen molar-refractivity contribution in [1.29, 1.82) is 0 Å². The van der Waals surface area contributed by atoms with Gasteiger partial charge in [0.2, 0.25) is 5.91 Å². The number of nitrogens with zero attached hydrogens (tertiary/aromatic N) is 1. The van der Waals surface area contributed by atoms with Crippen LogP contribution in [0, 0.1) is 12.8 Å². The number of carbonyl (C=O) groups is 1. The van der Waals surface area contributed by atoms with Crippen LogP contribution in [0.5, 0.6) is 0 Å². The van der Waals surface area contributed by atoms with Gasteiger partial charge in [0.1, 0.15) is 5.60 Å². The van der Waals surface area contributed by atoms with Crippen LogP contribution in [0.3, 0.4) is 0 Å². The van der Waals surface area contributed by atoms with Crippen LogP contribution < -0.4 is 0 Å². The van der Waals surface area contributed by atoms with E-state index in [0.717, 1.165) is 18.6 Å². The van der Waals surface area contributed by atoms with Gasteiger partial charge in [0.15, 0.2) is 0 Å². The van der Waals surface area contributed by atoms with Crippen molar-refractivity contribution in [3.63, 3.8) is 0 Å².